The van der Waals surface area contributed by atoms with E-state index in [0.29, 0.717) is 12.6 Å². The molecule has 1 saturated heterocycles. The molecule has 0 amide bonds. The number of nitrogens with one attached hydrogen (secondary N) is 2. The van der Waals surface area contributed by atoms with Crippen molar-refractivity contribution >= 4 is 5.96 Å². The fourth-order valence-corrected chi connectivity index (χ4v) is 3.70. The molecular weight excluding hydrogens is 350 g/mol. The Morgan fingerprint density at radius 1 is 1.14 bits per heavy atom. The summed E-state index contributed by atoms with van der Waals surface area (Å²) in [6, 6.07) is 10.9. The van der Waals surface area contributed by atoms with E-state index in [1.165, 1.54) is 24.0 Å². The van der Waals surface area contributed by atoms with Crippen LogP contribution in [0.4, 0.5) is 0 Å². The zero-order valence-corrected chi connectivity index (χ0v) is 17.3. The van der Waals surface area contributed by atoms with Crippen molar-refractivity contribution in [2.45, 2.75) is 32.4 Å². The third-order valence-electron chi connectivity index (χ3n) is 5.20. The Labute approximate surface area is 168 Å². The van der Waals surface area contributed by atoms with Crippen LogP contribution in [0.1, 0.15) is 36.9 Å². The van der Waals surface area contributed by atoms with Gasteiger partial charge in [-0.15, -0.1) is 0 Å². The highest BCUT2D eigenvalue weighted by atomic mass is 16.5. The highest BCUT2D eigenvalue weighted by Gasteiger charge is 2.23. The minimum atomic E-state index is 0.328. The molecule has 2 N–H and O–H groups in total. The van der Waals surface area contributed by atoms with Crippen LogP contribution in [0.5, 0.6) is 5.75 Å². The summed E-state index contributed by atoms with van der Waals surface area (Å²) in [6.07, 6.45) is 6.71. The summed E-state index contributed by atoms with van der Waals surface area (Å²) in [5.41, 5.74) is 2.53. The summed E-state index contributed by atoms with van der Waals surface area (Å²) in [7, 11) is 3.74. The van der Waals surface area contributed by atoms with Crippen LogP contribution >= 0.6 is 0 Å². The largest absolute Gasteiger partial charge is 0.497 e. The van der Waals surface area contributed by atoms with Crippen molar-refractivity contribution in [3.8, 4) is 5.75 Å². The van der Waals surface area contributed by atoms with Crippen LogP contribution < -0.4 is 15.4 Å². The van der Waals surface area contributed by atoms with E-state index in [2.05, 4.69) is 57.6 Å². The van der Waals surface area contributed by atoms with Gasteiger partial charge in [-0.25, -0.2) is 4.99 Å². The maximum Gasteiger partial charge on any atom is 0.191 e. The van der Waals surface area contributed by atoms with Crippen molar-refractivity contribution in [3.63, 3.8) is 0 Å². The average Bonchev–Trinajstić information content (AvgIpc) is 3.38. The lowest BCUT2D eigenvalue weighted by molar-refractivity contribution is 0.245. The maximum absolute atomic E-state index is 5.32. The molecule has 1 aliphatic heterocycles. The number of hydrogen-bond acceptors (Lipinski definition) is 3. The lowest BCUT2D eigenvalue weighted by Crippen LogP contribution is -2.42. The van der Waals surface area contributed by atoms with Gasteiger partial charge < -0.3 is 19.9 Å². The van der Waals surface area contributed by atoms with Gasteiger partial charge in [0.1, 0.15) is 5.75 Å². The first-order chi connectivity index (χ1) is 13.7. The van der Waals surface area contributed by atoms with Crippen LogP contribution in [0.3, 0.4) is 0 Å². The molecule has 1 aromatic heterocycles. The zero-order chi connectivity index (χ0) is 19.8. The molecule has 1 unspecified atom stereocenters. The number of nitrogens with zero attached hydrogens (tertiary/aromatic N) is 3. The number of benzene rings is 1. The SMILES string of the molecule is CCNC(=NCc1ccn(C)c1)NCC(c1ccc(OC)cc1)N1CCCC1. The Kier molecular flexibility index (Phi) is 7.37. The first kappa shape index (κ1) is 20.3. The number of likely N-dealkylation sites (tertiary alicyclic amines) is 1. The monoisotopic (exact) mass is 383 g/mol. The van der Waals surface area contributed by atoms with Crippen molar-refractivity contribution < 1.29 is 4.74 Å². The van der Waals surface area contributed by atoms with Crippen LogP contribution in [-0.4, -0.2) is 48.7 Å². The fourth-order valence-electron chi connectivity index (χ4n) is 3.70. The van der Waals surface area contributed by atoms with E-state index in [1.54, 1.807) is 7.11 Å². The molecule has 1 aliphatic rings. The number of aliphatic imine (C=N–C) groups is 1. The van der Waals surface area contributed by atoms with Crippen molar-refractivity contribution in [2.75, 3.05) is 33.3 Å². The smallest absolute Gasteiger partial charge is 0.191 e. The summed E-state index contributed by atoms with van der Waals surface area (Å²) >= 11 is 0. The predicted octanol–water partition coefficient (Wildman–Crippen LogP) is 2.93. The van der Waals surface area contributed by atoms with Crippen LogP contribution in [0.2, 0.25) is 0 Å². The van der Waals surface area contributed by atoms with E-state index in [1.807, 2.05) is 19.2 Å². The first-order valence-corrected chi connectivity index (χ1v) is 10.2. The molecule has 1 fully saturated rings. The van der Waals surface area contributed by atoms with Crippen molar-refractivity contribution in [2.24, 2.45) is 12.0 Å². The molecule has 1 aromatic carbocycles. The van der Waals surface area contributed by atoms with Gasteiger partial charge in [0.2, 0.25) is 0 Å². The first-order valence-electron chi connectivity index (χ1n) is 10.2. The standard InChI is InChI=1S/C22H33N5O/c1-4-23-22(24-15-18-11-14-26(2)17-18)25-16-21(27-12-5-6-13-27)19-7-9-20(28-3)10-8-19/h7-11,14,17,21H,4-6,12-13,15-16H2,1-3H3,(H2,23,24,25). The van der Waals surface area contributed by atoms with E-state index in [0.717, 1.165) is 37.9 Å². The fraction of sp³-hybridized carbons (Fsp3) is 0.500. The average molecular weight is 384 g/mol. The lowest BCUT2D eigenvalue weighted by atomic mass is 10.1. The van der Waals surface area contributed by atoms with Gasteiger partial charge in [-0.2, -0.15) is 0 Å². The van der Waals surface area contributed by atoms with Crippen molar-refractivity contribution in [1.29, 1.82) is 0 Å². The highest BCUT2D eigenvalue weighted by molar-refractivity contribution is 5.79. The molecule has 6 heteroatoms. The second-order valence-electron chi connectivity index (χ2n) is 7.29. The van der Waals surface area contributed by atoms with Gasteiger partial charge in [0.15, 0.2) is 5.96 Å². The maximum atomic E-state index is 5.32. The number of aryl methyl sites for hydroxylation is 1. The number of methoxy groups -OCH3 is 1. The Bertz CT molecular complexity index is 747. The number of hydrogen-bond donors (Lipinski definition) is 2. The molecule has 0 radical (unpaired) electrons. The van der Waals surface area contributed by atoms with Gasteiger partial charge in [-0.05, 0) is 62.2 Å². The Hall–Kier alpha value is -2.47. The molecular formula is C22H33N5O. The van der Waals surface area contributed by atoms with E-state index in [4.69, 9.17) is 9.73 Å². The summed E-state index contributed by atoms with van der Waals surface area (Å²) in [4.78, 5) is 7.32. The van der Waals surface area contributed by atoms with E-state index >= 15 is 0 Å². The number of rotatable bonds is 8. The highest BCUT2D eigenvalue weighted by Crippen LogP contribution is 2.26. The van der Waals surface area contributed by atoms with E-state index < -0.39 is 0 Å². The molecule has 2 aromatic rings. The minimum Gasteiger partial charge on any atom is -0.497 e. The Balaban J connectivity index is 1.68. The molecule has 1 atom stereocenters. The van der Waals surface area contributed by atoms with E-state index in [-0.39, 0.29) is 0 Å². The van der Waals surface area contributed by atoms with E-state index in [9.17, 15) is 0 Å². The molecule has 2 heterocycles. The molecule has 28 heavy (non-hydrogen) atoms. The second kappa shape index (κ2) is 10.2. The van der Waals surface area contributed by atoms with Gasteiger partial charge in [0.25, 0.3) is 0 Å². The summed E-state index contributed by atoms with van der Waals surface area (Å²) in [5, 5.41) is 6.93. The predicted molar refractivity (Wildman–Crippen MR) is 115 cm³/mol. The van der Waals surface area contributed by atoms with Gasteiger partial charge in [0, 0.05) is 32.5 Å². The molecule has 152 valence electrons. The minimum absolute atomic E-state index is 0.328. The van der Waals surface area contributed by atoms with Crippen molar-refractivity contribution in [3.05, 3.63) is 53.9 Å². The summed E-state index contributed by atoms with van der Waals surface area (Å²) in [5.74, 6) is 1.76. The molecule has 0 aliphatic carbocycles. The second-order valence-corrected chi connectivity index (χ2v) is 7.29. The third-order valence-corrected chi connectivity index (χ3v) is 5.20. The van der Waals surface area contributed by atoms with Crippen molar-refractivity contribution in [1.82, 2.24) is 20.1 Å². The Morgan fingerprint density at radius 2 is 1.89 bits per heavy atom. The van der Waals surface area contributed by atoms with Crippen LogP contribution in [-0.2, 0) is 13.6 Å². The normalized spacial score (nSPS) is 16.2. The lowest BCUT2D eigenvalue weighted by Gasteiger charge is -2.29. The number of ether oxygens (including phenoxy) is 1. The zero-order valence-electron chi connectivity index (χ0n) is 17.3. The van der Waals surface area contributed by atoms with Gasteiger partial charge in [-0.3, -0.25) is 4.90 Å². The molecule has 3 rings (SSSR count). The quantitative estimate of drug-likeness (QED) is 0.544. The summed E-state index contributed by atoms with van der Waals surface area (Å²) < 4.78 is 7.37. The van der Waals surface area contributed by atoms with Gasteiger partial charge in [-0.1, -0.05) is 12.1 Å². The Morgan fingerprint density at radius 3 is 2.50 bits per heavy atom. The number of aromatic nitrogens is 1. The molecule has 0 bridgehead atoms. The summed E-state index contributed by atoms with van der Waals surface area (Å²) in [6.45, 7) is 6.74. The van der Waals surface area contributed by atoms with Gasteiger partial charge in [0.05, 0.1) is 19.7 Å². The number of guanidine groups is 1. The third kappa shape index (κ3) is 5.52. The van der Waals surface area contributed by atoms with Crippen LogP contribution in [0.25, 0.3) is 0 Å². The topological polar surface area (TPSA) is 53.8 Å². The molecule has 0 spiro atoms. The molecule has 6 nitrogen and oxygen atoms in total. The van der Waals surface area contributed by atoms with Crippen LogP contribution in [0.15, 0.2) is 47.7 Å². The van der Waals surface area contributed by atoms with Gasteiger partial charge >= 0.3 is 0 Å². The van der Waals surface area contributed by atoms with Crippen LogP contribution in [0, 0.1) is 0 Å². The molecule has 0 saturated carbocycles.